The molecule has 0 unspecified atom stereocenters. The molecule has 0 spiro atoms. The quantitative estimate of drug-likeness (QED) is 0.698. The molecular weight excluding hydrogens is 320 g/mol. The molecule has 25 heavy (non-hydrogen) atoms. The normalized spacial score (nSPS) is 22.4. The Labute approximate surface area is 151 Å². The SMILES string of the molecule is CC(C)NC(=O)CN(C)CC(=O)N1CCC[C@H](CN2CCOCC2)C1. The largest absolute Gasteiger partial charge is 0.379 e. The van der Waals surface area contributed by atoms with Gasteiger partial charge in [-0.05, 0) is 39.7 Å². The van der Waals surface area contributed by atoms with Gasteiger partial charge in [0.15, 0.2) is 0 Å². The first-order chi connectivity index (χ1) is 11.9. The molecule has 2 rings (SSSR count). The number of carbonyl (C=O) groups excluding carboxylic acids is 2. The maximum atomic E-state index is 12.6. The summed E-state index contributed by atoms with van der Waals surface area (Å²) in [5.74, 6) is 0.644. The zero-order valence-electron chi connectivity index (χ0n) is 16.0. The number of ether oxygens (including phenoxy) is 1. The second-order valence-corrected chi connectivity index (χ2v) is 7.66. The molecule has 0 aliphatic carbocycles. The molecule has 1 atom stereocenters. The van der Waals surface area contributed by atoms with Crippen molar-refractivity contribution in [2.75, 3.05) is 66.1 Å². The molecule has 7 heteroatoms. The Balaban J connectivity index is 1.73. The van der Waals surface area contributed by atoms with E-state index in [1.807, 2.05) is 25.8 Å². The van der Waals surface area contributed by atoms with Gasteiger partial charge in [-0.2, -0.15) is 0 Å². The van der Waals surface area contributed by atoms with Crippen molar-refractivity contribution in [1.29, 1.82) is 0 Å². The average Bonchev–Trinajstić information content (AvgIpc) is 2.55. The van der Waals surface area contributed by atoms with Gasteiger partial charge in [0.25, 0.3) is 0 Å². The molecule has 1 N–H and O–H groups in total. The number of hydrogen-bond acceptors (Lipinski definition) is 5. The molecular formula is C18H34N4O3. The zero-order valence-corrected chi connectivity index (χ0v) is 16.0. The van der Waals surface area contributed by atoms with Crippen LogP contribution in [0.3, 0.4) is 0 Å². The van der Waals surface area contributed by atoms with Gasteiger partial charge in [-0.25, -0.2) is 0 Å². The van der Waals surface area contributed by atoms with Crippen LogP contribution in [0.25, 0.3) is 0 Å². The van der Waals surface area contributed by atoms with Crippen LogP contribution in [0.2, 0.25) is 0 Å². The Hall–Kier alpha value is -1.18. The summed E-state index contributed by atoms with van der Waals surface area (Å²) in [6, 6.07) is 0.125. The van der Waals surface area contributed by atoms with E-state index in [0.29, 0.717) is 12.5 Å². The Morgan fingerprint density at radius 3 is 2.60 bits per heavy atom. The van der Waals surface area contributed by atoms with E-state index in [0.717, 1.165) is 52.4 Å². The molecule has 2 aliphatic heterocycles. The van der Waals surface area contributed by atoms with Crippen molar-refractivity contribution >= 4 is 11.8 Å². The fourth-order valence-electron chi connectivity index (χ4n) is 3.59. The van der Waals surface area contributed by atoms with Crippen molar-refractivity contribution < 1.29 is 14.3 Å². The highest BCUT2D eigenvalue weighted by atomic mass is 16.5. The van der Waals surface area contributed by atoms with Crippen LogP contribution in [0, 0.1) is 5.92 Å². The van der Waals surface area contributed by atoms with Gasteiger partial charge >= 0.3 is 0 Å². The van der Waals surface area contributed by atoms with Gasteiger partial charge in [0.1, 0.15) is 0 Å². The number of morpholine rings is 1. The summed E-state index contributed by atoms with van der Waals surface area (Å²) in [6.07, 6.45) is 2.26. The Morgan fingerprint density at radius 1 is 1.20 bits per heavy atom. The Kier molecular flexibility index (Phi) is 8.12. The minimum Gasteiger partial charge on any atom is -0.379 e. The summed E-state index contributed by atoms with van der Waals surface area (Å²) in [6.45, 7) is 10.8. The fraction of sp³-hybridized carbons (Fsp3) is 0.889. The number of piperidine rings is 1. The Morgan fingerprint density at radius 2 is 1.92 bits per heavy atom. The summed E-state index contributed by atoms with van der Waals surface area (Å²) < 4.78 is 5.40. The number of amides is 2. The lowest BCUT2D eigenvalue weighted by molar-refractivity contribution is -0.134. The second-order valence-electron chi connectivity index (χ2n) is 7.66. The van der Waals surface area contributed by atoms with Crippen molar-refractivity contribution in [2.45, 2.75) is 32.7 Å². The van der Waals surface area contributed by atoms with E-state index >= 15 is 0 Å². The molecule has 0 bridgehead atoms. The highest BCUT2D eigenvalue weighted by Crippen LogP contribution is 2.18. The van der Waals surface area contributed by atoms with Crippen LogP contribution in [-0.2, 0) is 14.3 Å². The van der Waals surface area contributed by atoms with Gasteiger partial charge in [-0.15, -0.1) is 0 Å². The Bertz CT molecular complexity index is 438. The summed E-state index contributed by atoms with van der Waals surface area (Å²) in [5, 5.41) is 2.86. The van der Waals surface area contributed by atoms with Crippen LogP contribution in [0.1, 0.15) is 26.7 Å². The van der Waals surface area contributed by atoms with Gasteiger partial charge < -0.3 is 15.0 Å². The third kappa shape index (κ3) is 7.30. The summed E-state index contributed by atoms with van der Waals surface area (Å²) in [7, 11) is 1.83. The van der Waals surface area contributed by atoms with Crippen LogP contribution in [0.15, 0.2) is 0 Å². The predicted octanol–water partition coefficient (Wildman–Crippen LogP) is 0.0136. The molecule has 0 aromatic heterocycles. The van der Waals surface area contributed by atoms with E-state index in [4.69, 9.17) is 4.74 Å². The third-order valence-corrected chi connectivity index (χ3v) is 4.76. The summed E-state index contributed by atoms with van der Waals surface area (Å²) in [4.78, 5) is 30.6. The molecule has 0 aromatic carbocycles. The van der Waals surface area contributed by atoms with Gasteiger partial charge in [0.2, 0.25) is 11.8 Å². The highest BCUT2D eigenvalue weighted by Gasteiger charge is 2.26. The van der Waals surface area contributed by atoms with Gasteiger partial charge in [0, 0.05) is 38.8 Å². The first-order valence-corrected chi connectivity index (χ1v) is 9.50. The number of nitrogens with one attached hydrogen (secondary N) is 1. The smallest absolute Gasteiger partial charge is 0.236 e. The van der Waals surface area contributed by atoms with Crippen LogP contribution >= 0.6 is 0 Å². The predicted molar refractivity (Wildman–Crippen MR) is 97.3 cm³/mol. The number of hydrogen-bond donors (Lipinski definition) is 1. The monoisotopic (exact) mass is 354 g/mol. The molecule has 0 radical (unpaired) electrons. The number of likely N-dealkylation sites (tertiary alicyclic amines) is 1. The van der Waals surface area contributed by atoms with Crippen LogP contribution in [0.4, 0.5) is 0 Å². The van der Waals surface area contributed by atoms with E-state index < -0.39 is 0 Å². The van der Waals surface area contributed by atoms with Crippen molar-refractivity contribution in [2.24, 2.45) is 5.92 Å². The topological polar surface area (TPSA) is 65.1 Å². The summed E-state index contributed by atoms with van der Waals surface area (Å²) in [5.41, 5.74) is 0. The van der Waals surface area contributed by atoms with E-state index in [2.05, 4.69) is 10.2 Å². The van der Waals surface area contributed by atoms with Crippen molar-refractivity contribution in [3.63, 3.8) is 0 Å². The van der Waals surface area contributed by atoms with E-state index in [1.54, 1.807) is 4.90 Å². The molecule has 2 aliphatic rings. The lowest BCUT2D eigenvalue weighted by Crippen LogP contribution is -2.49. The molecule has 2 heterocycles. The number of carbonyl (C=O) groups is 2. The van der Waals surface area contributed by atoms with Gasteiger partial charge in [0.05, 0.1) is 26.3 Å². The minimum atomic E-state index is -0.0332. The van der Waals surface area contributed by atoms with E-state index in [-0.39, 0.29) is 24.4 Å². The van der Waals surface area contributed by atoms with Crippen molar-refractivity contribution in [1.82, 2.24) is 20.0 Å². The number of likely N-dealkylation sites (N-methyl/N-ethyl adjacent to an activating group) is 1. The first-order valence-electron chi connectivity index (χ1n) is 9.50. The average molecular weight is 354 g/mol. The maximum Gasteiger partial charge on any atom is 0.236 e. The number of nitrogens with zero attached hydrogens (tertiary/aromatic N) is 3. The van der Waals surface area contributed by atoms with E-state index in [1.165, 1.54) is 6.42 Å². The standard InChI is InChI=1S/C18H34N4O3/c1-15(2)19-17(23)13-20(3)14-18(24)22-6-4-5-16(12-22)11-21-7-9-25-10-8-21/h15-16H,4-14H2,1-3H3,(H,19,23)/t16-/m1/s1. The lowest BCUT2D eigenvalue weighted by Gasteiger charge is -2.37. The molecule has 2 amide bonds. The van der Waals surface area contributed by atoms with Gasteiger partial charge in [-0.3, -0.25) is 19.4 Å². The van der Waals surface area contributed by atoms with Crippen LogP contribution in [-0.4, -0.2) is 98.6 Å². The van der Waals surface area contributed by atoms with Crippen LogP contribution < -0.4 is 5.32 Å². The number of rotatable bonds is 7. The fourth-order valence-corrected chi connectivity index (χ4v) is 3.59. The zero-order chi connectivity index (χ0) is 18.2. The van der Waals surface area contributed by atoms with Crippen molar-refractivity contribution in [3.8, 4) is 0 Å². The molecule has 0 saturated carbocycles. The van der Waals surface area contributed by atoms with Crippen LogP contribution in [0.5, 0.6) is 0 Å². The molecule has 144 valence electrons. The second kappa shape index (κ2) is 10.1. The third-order valence-electron chi connectivity index (χ3n) is 4.76. The molecule has 7 nitrogen and oxygen atoms in total. The summed E-state index contributed by atoms with van der Waals surface area (Å²) >= 11 is 0. The van der Waals surface area contributed by atoms with Gasteiger partial charge in [-0.1, -0.05) is 0 Å². The molecule has 2 saturated heterocycles. The van der Waals surface area contributed by atoms with E-state index in [9.17, 15) is 9.59 Å². The van der Waals surface area contributed by atoms with Crippen molar-refractivity contribution in [3.05, 3.63) is 0 Å². The highest BCUT2D eigenvalue weighted by molar-refractivity contribution is 5.81. The molecule has 2 fully saturated rings. The first kappa shape index (κ1) is 20.1. The lowest BCUT2D eigenvalue weighted by atomic mass is 9.97. The molecule has 0 aromatic rings. The maximum absolute atomic E-state index is 12.6. The minimum absolute atomic E-state index is 0.0332.